The van der Waals surface area contributed by atoms with Gasteiger partial charge in [0.1, 0.15) is 22.7 Å². The van der Waals surface area contributed by atoms with Gasteiger partial charge in [-0.25, -0.2) is 19.9 Å². The van der Waals surface area contributed by atoms with Crippen LogP contribution in [-0.4, -0.2) is 54.9 Å². The third-order valence-corrected chi connectivity index (χ3v) is 5.21. The minimum absolute atomic E-state index is 0.0381. The molecule has 4 aromatic heterocycles. The third-order valence-electron chi connectivity index (χ3n) is 5.21. The summed E-state index contributed by atoms with van der Waals surface area (Å²) in [4.78, 5) is 17.5. The standard InChI is InChI=1S/C22H18F6N8O/c1-2-36(7-8-37)17-9-13(22(26,27)28)18(35-34-17)15-11-31-19-14(5-6-29-20(19)33-15)32-16-4-3-12(10-30-16)21(23,24)25/h3-6,9-11,37H,2,7-8H2,1H3,(H,29,30,32,33). The van der Waals surface area contributed by atoms with E-state index in [2.05, 4.69) is 35.5 Å². The molecule has 4 aromatic rings. The van der Waals surface area contributed by atoms with Gasteiger partial charge in [0.05, 0.1) is 29.6 Å². The molecule has 0 atom stereocenters. The summed E-state index contributed by atoms with van der Waals surface area (Å²) in [6, 6.07) is 4.27. The molecule has 4 rings (SSSR count). The Morgan fingerprint density at radius 2 is 1.73 bits per heavy atom. The second kappa shape index (κ2) is 10.1. The molecule has 0 aromatic carbocycles. The number of fused-ring (bicyclic) bond motifs is 1. The van der Waals surface area contributed by atoms with Crippen molar-refractivity contribution >= 4 is 28.5 Å². The fourth-order valence-electron chi connectivity index (χ4n) is 3.41. The topological polar surface area (TPSA) is 113 Å². The first-order valence-corrected chi connectivity index (χ1v) is 10.7. The third kappa shape index (κ3) is 5.66. The molecule has 0 saturated heterocycles. The Labute approximate surface area is 205 Å². The molecule has 0 amide bonds. The minimum Gasteiger partial charge on any atom is -0.395 e. The van der Waals surface area contributed by atoms with E-state index >= 15 is 0 Å². The van der Waals surface area contributed by atoms with Crippen LogP contribution < -0.4 is 10.2 Å². The van der Waals surface area contributed by atoms with Crippen molar-refractivity contribution in [3.05, 3.63) is 54.0 Å². The first kappa shape index (κ1) is 25.9. The molecule has 15 heteroatoms. The molecule has 0 aliphatic carbocycles. The van der Waals surface area contributed by atoms with Crippen LogP contribution >= 0.6 is 0 Å². The number of halogens is 6. The number of nitrogens with one attached hydrogen (secondary N) is 1. The zero-order valence-corrected chi connectivity index (χ0v) is 19.0. The number of aromatic nitrogens is 6. The second-order valence-corrected chi connectivity index (χ2v) is 7.61. The highest BCUT2D eigenvalue weighted by atomic mass is 19.4. The molecule has 0 aliphatic heterocycles. The monoisotopic (exact) mass is 524 g/mol. The van der Waals surface area contributed by atoms with E-state index in [0.29, 0.717) is 12.7 Å². The summed E-state index contributed by atoms with van der Waals surface area (Å²) in [6.45, 7) is 1.80. The quantitative estimate of drug-likeness (QED) is 0.338. The van der Waals surface area contributed by atoms with Crippen molar-refractivity contribution in [2.45, 2.75) is 19.3 Å². The molecule has 0 unspecified atom stereocenters. The summed E-state index contributed by atoms with van der Waals surface area (Å²) < 4.78 is 80.0. The number of alkyl halides is 6. The first-order valence-electron chi connectivity index (χ1n) is 10.7. The number of pyridine rings is 2. The largest absolute Gasteiger partial charge is 0.418 e. The molecule has 0 bridgehead atoms. The van der Waals surface area contributed by atoms with Gasteiger partial charge in [0.2, 0.25) is 0 Å². The van der Waals surface area contributed by atoms with Gasteiger partial charge < -0.3 is 15.3 Å². The molecule has 0 aliphatic rings. The van der Waals surface area contributed by atoms with Gasteiger partial charge in [0, 0.05) is 25.5 Å². The lowest BCUT2D eigenvalue weighted by atomic mass is 10.1. The van der Waals surface area contributed by atoms with E-state index in [-0.39, 0.29) is 47.3 Å². The maximum Gasteiger partial charge on any atom is 0.418 e. The van der Waals surface area contributed by atoms with Crippen molar-refractivity contribution < 1.29 is 31.4 Å². The predicted molar refractivity (Wildman–Crippen MR) is 121 cm³/mol. The molecular formula is C22H18F6N8O. The van der Waals surface area contributed by atoms with E-state index in [1.165, 1.54) is 17.2 Å². The Morgan fingerprint density at radius 3 is 2.35 bits per heavy atom. The molecule has 9 nitrogen and oxygen atoms in total. The molecular weight excluding hydrogens is 506 g/mol. The van der Waals surface area contributed by atoms with Gasteiger partial charge in [-0.3, -0.25) is 0 Å². The van der Waals surface area contributed by atoms with Gasteiger partial charge in [-0.2, -0.15) is 26.3 Å². The van der Waals surface area contributed by atoms with Crippen LogP contribution in [0.5, 0.6) is 0 Å². The predicted octanol–water partition coefficient (Wildman–Crippen LogP) is 4.48. The second-order valence-electron chi connectivity index (χ2n) is 7.61. The lowest BCUT2D eigenvalue weighted by molar-refractivity contribution is -0.138. The molecule has 194 valence electrons. The summed E-state index contributed by atoms with van der Waals surface area (Å²) in [7, 11) is 0. The van der Waals surface area contributed by atoms with Crippen LogP contribution in [0.25, 0.3) is 22.6 Å². The molecule has 37 heavy (non-hydrogen) atoms. The number of nitrogens with zero attached hydrogens (tertiary/aromatic N) is 7. The lowest BCUT2D eigenvalue weighted by Crippen LogP contribution is -2.28. The minimum atomic E-state index is -4.79. The van der Waals surface area contributed by atoms with Crippen LogP contribution in [0, 0.1) is 0 Å². The van der Waals surface area contributed by atoms with Gasteiger partial charge in [0.15, 0.2) is 11.5 Å². The van der Waals surface area contributed by atoms with Crippen LogP contribution in [0.3, 0.4) is 0 Å². The number of aliphatic hydroxyl groups excluding tert-OH is 1. The Balaban J connectivity index is 1.71. The molecule has 0 radical (unpaired) electrons. The van der Waals surface area contributed by atoms with Crippen molar-refractivity contribution in [2.24, 2.45) is 0 Å². The van der Waals surface area contributed by atoms with Crippen LogP contribution in [0.2, 0.25) is 0 Å². The summed E-state index contributed by atoms with van der Waals surface area (Å²) in [5, 5.41) is 19.6. The van der Waals surface area contributed by atoms with Crippen LogP contribution in [0.1, 0.15) is 18.1 Å². The highest BCUT2D eigenvalue weighted by Crippen LogP contribution is 2.37. The number of aliphatic hydroxyl groups is 1. The van der Waals surface area contributed by atoms with Crippen molar-refractivity contribution in [3.63, 3.8) is 0 Å². The Morgan fingerprint density at radius 1 is 0.946 bits per heavy atom. The van der Waals surface area contributed by atoms with Gasteiger partial charge >= 0.3 is 12.4 Å². The van der Waals surface area contributed by atoms with E-state index in [4.69, 9.17) is 5.11 Å². The van der Waals surface area contributed by atoms with Crippen LogP contribution in [0.4, 0.5) is 43.7 Å². The Hall–Kier alpha value is -4.14. The number of likely N-dealkylation sites (N-methyl/N-ethyl adjacent to an activating group) is 1. The number of hydrogen-bond donors (Lipinski definition) is 2. The molecule has 0 spiro atoms. The first-order chi connectivity index (χ1) is 17.5. The van der Waals surface area contributed by atoms with Crippen molar-refractivity contribution in [3.8, 4) is 11.4 Å². The van der Waals surface area contributed by atoms with E-state index in [9.17, 15) is 26.3 Å². The zero-order chi connectivity index (χ0) is 26.8. The maximum atomic E-state index is 13.9. The summed E-state index contributed by atoms with van der Waals surface area (Å²) in [5.41, 5.74) is -2.43. The number of rotatable bonds is 7. The van der Waals surface area contributed by atoms with E-state index < -0.39 is 29.2 Å². The number of hydrogen-bond acceptors (Lipinski definition) is 9. The van der Waals surface area contributed by atoms with E-state index in [0.717, 1.165) is 24.4 Å². The van der Waals surface area contributed by atoms with Crippen molar-refractivity contribution in [2.75, 3.05) is 29.9 Å². The highest BCUT2D eigenvalue weighted by molar-refractivity contribution is 5.87. The normalized spacial score (nSPS) is 12.1. The fraction of sp³-hybridized carbons (Fsp3) is 0.273. The van der Waals surface area contributed by atoms with Crippen molar-refractivity contribution in [1.29, 1.82) is 0 Å². The molecule has 0 saturated carbocycles. The summed E-state index contributed by atoms with van der Waals surface area (Å²) in [6.07, 6.45) is -6.29. The molecule has 0 fully saturated rings. The Kier molecular flexibility index (Phi) is 7.07. The molecule has 4 heterocycles. The zero-order valence-electron chi connectivity index (χ0n) is 19.0. The molecule has 2 N–H and O–H groups in total. The average molecular weight is 524 g/mol. The smallest absolute Gasteiger partial charge is 0.395 e. The van der Waals surface area contributed by atoms with E-state index in [1.807, 2.05) is 0 Å². The average Bonchev–Trinajstić information content (AvgIpc) is 2.86. The van der Waals surface area contributed by atoms with Crippen molar-refractivity contribution in [1.82, 2.24) is 30.1 Å². The van der Waals surface area contributed by atoms with E-state index in [1.54, 1.807) is 6.92 Å². The fourth-order valence-corrected chi connectivity index (χ4v) is 3.41. The lowest BCUT2D eigenvalue weighted by Gasteiger charge is -2.22. The van der Waals surface area contributed by atoms with Gasteiger partial charge in [-0.1, -0.05) is 0 Å². The van der Waals surface area contributed by atoms with Gasteiger partial charge in [-0.05, 0) is 31.2 Å². The SMILES string of the molecule is CCN(CCO)c1cc(C(F)(F)F)c(-c2cnc3c(Nc4ccc(C(F)(F)F)cn4)ccnc3n2)nn1. The van der Waals surface area contributed by atoms with Crippen LogP contribution in [0.15, 0.2) is 42.9 Å². The summed E-state index contributed by atoms with van der Waals surface area (Å²) in [5.74, 6) is 0.0190. The van der Waals surface area contributed by atoms with Gasteiger partial charge in [0.25, 0.3) is 0 Å². The Bertz CT molecular complexity index is 1400. The summed E-state index contributed by atoms with van der Waals surface area (Å²) >= 11 is 0. The van der Waals surface area contributed by atoms with Crippen LogP contribution in [-0.2, 0) is 12.4 Å². The number of anilines is 3. The maximum absolute atomic E-state index is 13.9. The van der Waals surface area contributed by atoms with Gasteiger partial charge in [-0.15, -0.1) is 10.2 Å². The highest BCUT2D eigenvalue weighted by Gasteiger charge is 2.36.